The van der Waals surface area contributed by atoms with Gasteiger partial charge in [-0.15, -0.1) is 11.8 Å². The Morgan fingerprint density at radius 2 is 1.48 bits per heavy atom. The second-order valence-corrected chi connectivity index (χ2v) is 7.86. The minimum absolute atomic E-state index is 0.0296. The molecule has 1 nitrogen and oxygen atoms in total. The van der Waals surface area contributed by atoms with Gasteiger partial charge in [-0.3, -0.25) is 0 Å². The van der Waals surface area contributed by atoms with Gasteiger partial charge < -0.3 is 4.74 Å². The molecule has 0 spiro atoms. The Balaban J connectivity index is 2.07. The third-order valence-corrected chi connectivity index (χ3v) is 6.39. The van der Waals surface area contributed by atoms with Crippen LogP contribution in [0.15, 0.2) is 59.5 Å². The molecule has 2 aromatic carbocycles. The monoisotopic (exact) mass is 298 g/mol. The Labute approximate surface area is 131 Å². The van der Waals surface area contributed by atoms with Crippen molar-refractivity contribution in [1.29, 1.82) is 0 Å². The molecule has 0 aliphatic carbocycles. The van der Waals surface area contributed by atoms with Crippen molar-refractivity contribution in [2.75, 3.05) is 0 Å². The van der Waals surface area contributed by atoms with Crippen LogP contribution in [0.2, 0.25) is 0 Å². The molecular formula is C19H22OS. The van der Waals surface area contributed by atoms with E-state index in [1.165, 1.54) is 10.5 Å². The third kappa shape index (κ3) is 2.46. The van der Waals surface area contributed by atoms with Crippen LogP contribution in [0.4, 0.5) is 0 Å². The first-order valence-electron chi connectivity index (χ1n) is 7.41. The molecule has 0 amide bonds. The molecule has 0 radical (unpaired) electrons. The predicted octanol–water partition coefficient (Wildman–Crippen LogP) is 5.72. The summed E-state index contributed by atoms with van der Waals surface area (Å²) >= 11 is 1.94. The van der Waals surface area contributed by atoms with Crippen molar-refractivity contribution in [2.24, 2.45) is 5.41 Å². The Morgan fingerprint density at radius 3 is 2.19 bits per heavy atom. The molecule has 1 aliphatic rings. The summed E-state index contributed by atoms with van der Waals surface area (Å²) in [5.74, 6) is 1.02. The van der Waals surface area contributed by atoms with E-state index >= 15 is 0 Å². The zero-order chi connectivity index (χ0) is 15.1. The van der Waals surface area contributed by atoms with Crippen LogP contribution in [0.3, 0.4) is 0 Å². The first-order chi connectivity index (χ1) is 9.92. The highest BCUT2D eigenvalue weighted by Crippen LogP contribution is 2.58. The normalized spacial score (nSPS) is 22.2. The summed E-state index contributed by atoms with van der Waals surface area (Å²) in [4.78, 5) is 1.31. The van der Waals surface area contributed by atoms with Gasteiger partial charge in [0.1, 0.15) is 11.4 Å². The fourth-order valence-electron chi connectivity index (χ4n) is 2.75. The largest absolute Gasteiger partial charge is 0.487 e. The number of fused-ring (bicyclic) bond motifs is 1. The van der Waals surface area contributed by atoms with Gasteiger partial charge in [-0.05, 0) is 32.0 Å². The molecule has 0 aromatic heterocycles. The quantitative estimate of drug-likeness (QED) is 0.701. The first kappa shape index (κ1) is 14.5. The maximum absolute atomic E-state index is 6.29. The van der Waals surface area contributed by atoms with Gasteiger partial charge in [0.25, 0.3) is 0 Å². The zero-order valence-corrected chi connectivity index (χ0v) is 13.9. The van der Waals surface area contributed by atoms with Crippen LogP contribution in [0.25, 0.3) is 0 Å². The minimum Gasteiger partial charge on any atom is -0.487 e. The van der Waals surface area contributed by atoms with Crippen LogP contribution in [-0.4, -0.2) is 5.60 Å². The summed E-state index contributed by atoms with van der Waals surface area (Å²) in [6.07, 6.45) is 0. The molecule has 1 heterocycles. The molecule has 0 N–H and O–H groups in total. The smallest absolute Gasteiger partial charge is 0.124 e. The second-order valence-electron chi connectivity index (χ2n) is 6.68. The van der Waals surface area contributed by atoms with E-state index < -0.39 is 0 Å². The lowest BCUT2D eigenvalue weighted by Crippen LogP contribution is -2.50. The minimum atomic E-state index is -0.201. The molecule has 1 atom stereocenters. The fraction of sp³-hybridized carbons (Fsp3) is 0.368. The number of para-hydroxylation sites is 1. The van der Waals surface area contributed by atoms with E-state index in [9.17, 15) is 0 Å². The van der Waals surface area contributed by atoms with Crippen molar-refractivity contribution < 1.29 is 4.74 Å². The molecule has 1 aliphatic heterocycles. The molecule has 21 heavy (non-hydrogen) atoms. The number of ether oxygens (including phenoxy) is 1. The molecule has 0 saturated heterocycles. The van der Waals surface area contributed by atoms with Crippen LogP contribution in [0, 0.1) is 5.41 Å². The van der Waals surface area contributed by atoms with Crippen molar-refractivity contribution in [1.82, 2.24) is 0 Å². The lowest BCUT2D eigenvalue weighted by molar-refractivity contribution is -0.0291. The second kappa shape index (κ2) is 5.10. The van der Waals surface area contributed by atoms with Gasteiger partial charge in [-0.25, -0.2) is 0 Å². The van der Waals surface area contributed by atoms with E-state index in [0.29, 0.717) is 5.25 Å². The van der Waals surface area contributed by atoms with Crippen molar-refractivity contribution >= 4 is 11.8 Å². The van der Waals surface area contributed by atoms with Crippen LogP contribution >= 0.6 is 11.8 Å². The Hall–Kier alpha value is -1.41. The number of rotatable bonds is 2. The maximum Gasteiger partial charge on any atom is 0.124 e. The van der Waals surface area contributed by atoms with Gasteiger partial charge in [-0.1, -0.05) is 50.2 Å². The van der Waals surface area contributed by atoms with E-state index in [4.69, 9.17) is 4.74 Å². The average molecular weight is 298 g/mol. The lowest BCUT2D eigenvalue weighted by Gasteiger charge is -2.50. The fourth-order valence-corrected chi connectivity index (χ4v) is 4.23. The molecule has 0 fully saturated rings. The molecule has 0 saturated carbocycles. The molecular weight excluding hydrogens is 276 g/mol. The van der Waals surface area contributed by atoms with Crippen LogP contribution in [0.5, 0.6) is 5.75 Å². The first-order valence-corrected chi connectivity index (χ1v) is 8.29. The third-order valence-electron chi connectivity index (χ3n) is 4.77. The van der Waals surface area contributed by atoms with E-state index in [1.54, 1.807) is 0 Å². The van der Waals surface area contributed by atoms with Gasteiger partial charge in [-0.2, -0.15) is 0 Å². The van der Waals surface area contributed by atoms with Crippen molar-refractivity contribution in [2.45, 2.75) is 43.4 Å². The van der Waals surface area contributed by atoms with Crippen molar-refractivity contribution in [3.63, 3.8) is 0 Å². The van der Waals surface area contributed by atoms with Crippen LogP contribution in [0.1, 0.15) is 38.5 Å². The summed E-state index contributed by atoms with van der Waals surface area (Å²) in [5, 5.41) is 0.375. The number of benzene rings is 2. The molecule has 110 valence electrons. The zero-order valence-electron chi connectivity index (χ0n) is 13.1. The molecule has 2 heteroatoms. The van der Waals surface area contributed by atoms with Gasteiger partial charge >= 0.3 is 0 Å². The summed E-state index contributed by atoms with van der Waals surface area (Å²) < 4.78 is 6.29. The van der Waals surface area contributed by atoms with E-state index in [0.717, 1.165) is 5.75 Å². The molecule has 0 unspecified atom stereocenters. The molecule has 2 aromatic rings. The number of hydrogen-bond acceptors (Lipinski definition) is 2. The van der Waals surface area contributed by atoms with E-state index in [-0.39, 0.29) is 11.0 Å². The highest BCUT2D eigenvalue weighted by atomic mass is 32.2. The average Bonchev–Trinajstić information content (AvgIpc) is 2.45. The lowest BCUT2D eigenvalue weighted by atomic mass is 9.70. The van der Waals surface area contributed by atoms with E-state index in [1.807, 2.05) is 11.8 Å². The standard InChI is InChI=1S/C19H22OS/c1-18(2)17(21-14-10-6-5-7-11-14)15-12-8-9-13-16(15)20-19(18,3)4/h5-13,17H,1-4H3/t17-/m0/s1. The van der Waals surface area contributed by atoms with Crippen LogP contribution < -0.4 is 4.74 Å². The Kier molecular flexibility index (Phi) is 3.53. The van der Waals surface area contributed by atoms with Crippen molar-refractivity contribution in [3.8, 4) is 5.75 Å². The number of thioether (sulfide) groups is 1. The maximum atomic E-state index is 6.29. The summed E-state index contributed by atoms with van der Waals surface area (Å²) in [6.45, 7) is 9.01. The number of hydrogen-bond donors (Lipinski definition) is 0. The van der Waals surface area contributed by atoms with Gasteiger partial charge in [0.2, 0.25) is 0 Å². The highest BCUT2D eigenvalue weighted by Gasteiger charge is 2.50. The van der Waals surface area contributed by atoms with Crippen LogP contribution in [-0.2, 0) is 0 Å². The van der Waals surface area contributed by atoms with Crippen molar-refractivity contribution in [3.05, 3.63) is 60.2 Å². The molecule has 0 bridgehead atoms. The topological polar surface area (TPSA) is 9.23 Å². The summed E-state index contributed by atoms with van der Waals surface area (Å²) in [6, 6.07) is 19.1. The molecule has 3 rings (SSSR count). The summed E-state index contributed by atoms with van der Waals surface area (Å²) in [5.41, 5.74) is 1.13. The summed E-state index contributed by atoms with van der Waals surface area (Å²) in [7, 11) is 0. The SMILES string of the molecule is CC1(C)Oc2ccccc2[C@H](Sc2ccccc2)C1(C)C. The highest BCUT2D eigenvalue weighted by molar-refractivity contribution is 7.99. The Bertz CT molecular complexity index is 631. The Morgan fingerprint density at radius 1 is 0.857 bits per heavy atom. The van der Waals surface area contributed by atoms with Gasteiger partial charge in [0.15, 0.2) is 0 Å². The van der Waals surface area contributed by atoms with E-state index in [2.05, 4.69) is 82.3 Å². The van der Waals surface area contributed by atoms with Gasteiger partial charge in [0.05, 0.1) is 0 Å². The van der Waals surface area contributed by atoms with Gasteiger partial charge in [0, 0.05) is 21.1 Å². The predicted molar refractivity (Wildman–Crippen MR) is 90.0 cm³/mol.